The first-order chi connectivity index (χ1) is 6.76. The number of rotatable bonds is 7. The van der Waals surface area contributed by atoms with E-state index in [1.165, 1.54) is 19.3 Å². The molecule has 0 aromatic rings. The lowest BCUT2D eigenvalue weighted by molar-refractivity contribution is 0.203. The van der Waals surface area contributed by atoms with Gasteiger partial charge in [-0.3, -0.25) is 0 Å². The van der Waals surface area contributed by atoms with Crippen molar-refractivity contribution >= 4 is 6.03 Å². The summed E-state index contributed by atoms with van der Waals surface area (Å²) in [6.45, 7) is 8.58. The second-order valence-electron chi connectivity index (χ2n) is 3.46. The van der Waals surface area contributed by atoms with Crippen LogP contribution in [-0.4, -0.2) is 30.6 Å². The van der Waals surface area contributed by atoms with Crippen molar-refractivity contribution < 1.29 is 4.79 Å². The Kier molecular flexibility index (Phi) is 8.39. The summed E-state index contributed by atoms with van der Waals surface area (Å²) in [6, 6.07) is 0.0755. The number of nitrogens with zero attached hydrogens (tertiary/aromatic N) is 1. The summed E-state index contributed by atoms with van der Waals surface area (Å²) in [5, 5.41) is 2.93. The van der Waals surface area contributed by atoms with Gasteiger partial charge in [-0.25, -0.2) is 4.79 Å². The predicted molar refractivity (Wildman–Crippen MR) is 60.5 cm³/mol. The molecule has 0 atom stereocenters. The summed E-state index contributed by atoms with van der Waals surface area (Å²) in [5.74, 6) is 0. The highest BCUT2D eigenvalue weighted by atomic mass is 16.2. The van der Waals surface area contributed by atoms with Gasteiger partial charge in [0, 0.05) is 19.6 Å². The molecule has 0 aliphatic carbocycles. The monoisotopic (exact) mass is 200 g/mol. The average Bonchev–Trinajstić information content (AvgIpc) is 2.19. The lowest BCUT2D eigenvalue weighted by Gasteiger charge is -2.19. The van der Waals surface area contributed by atoms with Crippen molar-refractivity contribution in [2.75, 3.05) is 19.6 Å². The molecule has 2 amide bonds. The summed E-state index contributed by atoms with van der Waals surface area (Å²) in [5.41, 5.74) is 0. The molecule has 3 nitrogen and oxygen atoms in total. The Morgan fingerprint density at radius 3 is 2.21 bits per heavy atom. The molecule has 0 aliphatic rings. The number of urea groups is 1. The summed E-state index contributed by atoms with van der Waals surface area (Å²) >= 11 is 0. The normalized spacial score (nSPS) is 9.93. The van der Waals surface area contributed by atoms with Crippen LogP contribution in [0.3, 0.4) is 0 Å². The van der Waals surface area contributed by atoms with E-state index in [4.69, 9.17) is 0 Å². The van der Waals surface area contributed by atoms with Crippen LogP contribution in [0.1, 0.15) is 46.5 Å². The molecule has 0 fully saturated rings. The summed E-state index contributed by atoms with van der Waals surface area (Å²) < 4.78 is 0. The minimum absolute atomic E-state index is 0.0755. The van der Waals surface area contributed by atoms with Crippen molar-refractivity contribution in [3.05, 3.63) is 0 Å². The quantitative estimate of drug-likeness (QED) is 0.629. The Bertz CT molecular complexity index is 144. The van der Waals surface area contributed by atoms with Crippen LogP contribution in [-0.2, 0) is 0 Å². The van der Waals surface area contributed by atoms with Crippen molar-refractivity contribution in [2.45, 2.75) is 46.5 Å². The topological polar surface area (TPSA) is 32.3 Å². The molecule has 0 spiro atoms. The van der Waals surface area contributed by atoms with Crippen molar-refractivity contribution in [1.82, 2.24) is 10.2 Å². The van der Waals surface area contributed by atoms with Gasteiger partial charge in [-0.05, 0) is 20.3 Å². The van der Waals surface area contributed by atoms with Gasteiger partial charge in [0.1, 0.15) is 0 Å². The highest BCUT2D eigenvalue weighted by molar-refractivity contribution is 5.73. The number of carbonyl (C=O) groups is 1. The van der Waals surface area contributed by atoms with E-state index in [1.807, 2.05) is 13.8 Å². The van der Waals surface area contributed by atoms with Gasteiger partial charge in [0.05, 0.1) is 0 Å². The summed E-state index contributed by atoms with van der Waals surface area (Å²) in [4.78, 5) is 13.3. The molecule has 0 heterocycles. The van der Waals surface area contributed by atoms with E-state index in [-0.39, 0.29) is 6.03 Å². The molecule has 0 saturated carbocycles. The van der Waals surface area contributed by atoms with E-state index in [1.54, 1.807) is 4.90 Å². The Hall–Kier alpha value is -0.730. The molecule has 14 heavy (non-hydrogen) atoms. The van der Waals surface area contributed by atoms with Crippen molar-refractivity contribution in [2.24, 2.45) is 0 Å². The van der Waals surface area contributed by atoms with Gasteiger partial charge in [-0.2, -0.15) is 0 Å². The fraction of sp³-hybridized carbons (Fsp3) is 0.909. The van der Waals surface area contributed by atoms with Gasteiger partial charge in [0.25, 0.3) is 0 Å². The molecule has 84 valence electrons. The third kappa shape index (κ3) is 5.84. The van der Waals surface area contributed by atoms with Crippen molar-refractivity contribution in [1.29, 1.82) is 0 Å². The van der Waals surface area contributed by atoms with Gasteiger partial charge < -0.3 is 10.2 Å². The number of hydrogen-bond donors (Lipinski definition) is 1. The number of carbonyl (C=O) groups excluding carboxylic acids is 1. The Morgan fingerprint density at radius 1 is 1.07 bits per heavy atom. The van der Waals surface area contributed by atoms with Crippen LogP contribution in [0.15, 0.2) is 0 Å². The van der Waals surface area contributed by atoms with Crippen LogP contribution in [0, 0.1) is 0 Å². The van der Waals surface area contributed by atoms with E-state index >= 15 is 0 Å². The molecule has 0 aromatic heterocycles. The molecule has 0 rings (SSSR count). The molecular weight excluding hydrogens is 176 g/mol. The highest BCUT2D eigenvalue weighted by Gasteiger charge is 2.06. The van der Waals surface area contributed by atoms with Crippen LogP contribution in [0.5, 0.6) is 0 Å². The Labute approximate surface area is 87.9 Å². The highest BCUT2D eigenvalue weighted by Crippen LogP contribution is 1.97. The van der Waals surface area contributed by atoms with E-state index in [2.05, 4.69) is 12.2 Å². The maximum Gasteiger partial charge on any atom is 0.317 e. The van der Waals surface area contributed by atoms with E-state index < -0.39 is 0 Å². The van der Waals surface area contributed by atoms with Gasteiger partial charge in [0.2, 0.25) is 0 Å². The zero-order valence-electron chi connectivity index (χ0n) is 9.81. The second-order valence-corrected chi connectivity index (χ2v) is 3.46. The van der Waals surface area contributed by atoms with E-state index in [0.29, 0.717) is 0 Å². The Morgan fingerprint density at radius 2 is 1.71 bits per heavy atom. The third-order valence-electron chi connectivity index (χ3n) is 2.36. The van der Waals surface area contributed by atoms with Gasteiger partial charge in [-0.1, -0.05) is 26.2 Å². The first-order valence-corrected chi connectivity index (χ1v) is 5.79. The lowest BCUT2D eigenvalue weighted by Crippen LogP contribution is -2.40. The number of hydrogen-bond acceptors (Lipinski definition) is 1. The van der Waals surface area contributed by atoms with Crippen LogP contribution in [0.4, 0.5) is 4.79 Å². The largest absolute Gasteiger partial charge is 0.338 e. The summed E-state index contributed by atoms with van der Waals surface area (Å²) in [6.07, 6.45) is 4.82. The molecule has 0 bridgehead atoms. The molecule has 0 unspecified atom stereocenters. The van der Waals surface area contributed by atoms with E-state index in [9.17, 15) is 4.79 Å². The minimum Gasteiger partial charge on any atom is -0.338 e. The molecular formula is C11H24N2O. The average molecular weight is 200 g/mol. The molecule has 0 aliphatic heterocycles. The molecule has 3 heteroatoms. The summed E-state index contributed by atoms with van der Waals surface area (Å²) in [7, 11) is 0. The third-order valence-corrected chi connectivity index (χ3v) is 2.36. The maximum atomic E-state index is 11.5. The van der Waals surface area contributed by atoms with Crippen LogP contribution >= 0.6 is 0 Å². The fourth-order valence-corrected chi connectivity index (χ4v) is 1.37. The van der Waals surface area contributed by atoms with Crippen LogP contribution in [0.2, 0.25) is 0 Å². The second kappa shape index (κ2) is 8.85. The van der Waals surface area contributed by atoms with Gasteiger partial charge in [-0.15, -0.1) is 0 Å². The van der Waals surface area contributed by atoms with Gasteiger partial charge >= 0.3 is 6.03 Å². The zero-order chi connectivity index (χ0) is 10.8. The van der Waals surface area contributed by atoms with Crippen molar-refractivity contribution in [3.8, 4) is 0 Å². The molecule has 0 aromatic carbocycles. The van der Waals surface area contributed by atoms with Crippen LogP contribution in [0.25, 0.3) is 0 Å². The molecule has 0 radical (unpaired) electrons. The number of nitrogens with one attached hydrogen (secondary N) is 1. The SMILES string of the molecule is CCCCCCNC(=O)N(CC)CC. The fourth-order valence-electron chi connectivity index (χ4n) is 1.37. The minimum atomic E-state index is 0.0755. The lowest BCUT2D eigenvalue weighted by atomic mass is 10.2. The smallest absolute Gasteiger partial charge is 0.317 e. The molecule has 0 saturated heterocycles. The van der Waals surface area contributed by atoms with Gasteiger partial charge in [0.15, 0.2) is 0 Å². The number of amides is 2. The van der Waals surface area contributed by atoms with Crippen LogP contribution < -0.4 is 5.32 Å². The standard InChI is InChI=1S/C11H24N2O/c1-4-7-8-9-10-12-11(14)13(5-2)6-3/h4-10H2,1-3H3,(H,12,14). The predicted octanol–water partition coefficient (Wildman–Crippen LogP) is 2.62. The molecule has 1 N–H and O–H groups in total. The zero-order valence-corrected chi connectivity index (χ0v) is 9.81. The maximum absolute atomic E-state index is 11.5. The first-order valence-electron chi connectivity index (χ1n) is 5.79. The Balaban J connectivity index is 3.43. The van der Waals surface area contributed by atoms with Crippen molar-refractivity contribution in [3.63, 3.8) is 0 Å². The first kappa shape index (κ1) is 13.3. The van der Waals surface area contributed by atoms with E-state index in [0.717, 1.165) is 26.1 Å². The number of unbranched alkanes of at least 4 members (excludes halogenated alkanes) is 3.